The molecule has 3 rings (SSSR count). The van der Waals surface area contributed by atoms with Crippen molar-refractivity contribution in [1.29, 1.82) is 0 Å². The molecule has 0 aliphatic heterocycles. The normalized spacial score (nSPS) is 10.8. The van der Waals surface area contributed by atoms with E-state index in [0.29, 0.717) is 28.1 Å². The average molecular weight is 348 g/mol. The Hall–Kier alpha value is -3.51. The maximum atomic E-state index is 12.6. The number of amides is 1. The van der Waals surface area contributed by atoms with Crippen LogP contribution in [0.5, 0.6) is 5.75 Å². The molecule has 1 amide bonds. The summed E-state index contributed by atoms with van der Waals surface area (Å²) in [4.78, 5) is 28.0. The highest BCUT2D eigenvalue weighted by Gasteiger charge is 2.10. The first kappa shape index (κ1) is 17.3. The molecular formula is C20H16N2O4. The Balaban J connectivity index is 1.87. The zero-order chi connectivity index (χ0) is 18.5. The van der Waals surface area contributed by atoms with Gasteiger partial charge in [-0.25, -0.2) is 10.5 Å². The molecule has 3 aromatic rings. The smallest absolute Gasteiger partial charge is 0.267 e. The Kier molecular flexibility index (Phi) is 5.05. The highest BCUT2D eigenvalue weighted by atomic mass is 16.5. The van der Waals surface area contributed by atoms with Gasteiger partial charge in [0.1, 0.15) is 5.75 Å². The van der Waals surface area contributed by atoms with Crippen LogP contribution in [-0.4, -0.2) is 29.0 Å². The number of benzene rings is 2. The van der Waals surface area contributed by atoms with Gasteiger partial charge in [-0.15, -0.1) is 0 Å². The van der Waals surface area contributed by atoms with Crippen LogP contribution in [-0.2, 0) is 4.79 Å². The number of hydrogen-bond donors (Lipinski definition) is 2. The quantitative estimate of drug-likeness (QED) is 0.320. The van der Waals surface area contributed by atoms with Crippen LogP contribution in [0.1, 0.15) is 21.6 Å². The van der Waals surface area contributed by atoms with Crippen LogP contribution in [0.4, 0.5) is 0 Å². The summed E-state index contributed by atoms with van der Waals surface area (Å²) >= 11 is 0. The van der Waals surface area contributed by atoms with E-state index in [2.05, 4.69) is 4.98 Å². The third-order valence-electron chi connectivity index (χ3n) is 3.84. The lowest BCUT2D eigenvalue weighted by Gasteiger charge is -2.05. The number of hydrogen-bond acceptors (Lipinski definition) is 5. The minimum absolute atomic E-state index is 0.0851. The molecule has 1 aromatic heterocycles. The number of nitrogens with one attached hydrogen (secondary N) is 1. The molecule has 0 saturated heterocycles. The summed E-state index contributed by atoms with van der Waals surface area (Å²) in [7, 11) is 1.58. The van der Waals surface area contributed by atoms with Crippen molar-refractivity contribution < 1.29 is 19.5 Å². The van der Waals surface area contributed by atoms with E-state index in [1.807, 2.05) is 6.07 Å². The van der Waals surface area contributed by atoms with Crippen LogP contribution in [0.25, 0.3) is 17.0 Å². The summed E-state index contributed by atoms with van der Waals surface area (Å²) in [5.41, 5.74) is 3.92. The molecule has 1 heterocycles. The second kappa shape index (κ2) is 7.58. The van der Waals surface area contributed by atoms with Crippen molar-refractivity contribution in [2.45, 2.75) is 0 Å². The van der Waals surface area contributed by atoms with Gasteiger partial charge >= 0.3 is 0 Å². The average Bonchev–Trinajstić information content (AvgIpc) is 2.70. The van der Waals surface area contributed by atoms with Crippen LogP contribution in [0, 0.1) is 0 Å². The summed E-state index contributed by atoms with van der Waals surface area (Å²) in [6, 6.07) is 15.8. The fourth-order valence-corrected chi connectivity index (χ4v) is 2.48. The fraction of sp³-hybridized carbons (Fsp3) is 0.0500. The Morgan fingerprint density at radius 1 is 1.04 bits per heavy atom. The van der Waals surface area contributed by atoms with Crippen LogP contribution < -0.4 is 10.2 Å². The number of hydroxylamine groups is 1. The number of ketones is 1. The maximum absolute atomic E-state index is 12.6. The Morgan fingerprint density at radius 2 is 1.77 bits per heavy atom. The summed E-state index contributed by atoms with van der Waals surface area (Å²) in [5, 5.41) is 9.29. The molecule has 6 nitrogen and oxygen atoms in total. The van der Waals surface area contributed by atoms with Crippen LogP contribution in [0.3, 0.4) is 0 Å². The molecule has 0 unspecified atom stereocenters. The molecule has 130 valence electrons. The molecule has 0 radical (unpaired) electrons. The van der Waals surface area contributed by atoms with Gasteiger partial charge in [0.25, 0.3) is 5.91 Å². The van der Waals surface area contributed by atoms with Crippen molar-refractivity contribution in [3.05, 3.63) is 77.5 Å². The predicted molar refractivity (Wildman–Crippen MR) is 97.1 cm³/mol. The Bertz CT molecular complexity index is 994. The first-order chi connectivity index (χ1) is 12.6. The van der Waals surface area contributed by atoms with Gasteiger partial charge in [-0.1, -0.05) is 6.07 Å². The van der Waals surface area contributed by atoms with E-state index >= 15 is 0 Å². The number of carbonyl (C=O) groups excluding carboxylic acids is 2. The number of methoxy groups -OCH3 is 1. The van der Waals surface area contributed by atoms with E-state index in [0.717, 1.165) is 5.39 Å². The molecule has 0 spiro atoms. The molecule has 2 aromatic carbocycles. The highest BCUT2D eigenvalue weighted by molar-refractivity contribution is 6.10. The number of aromatic nitrogens is 1. The van der Waals surface area contributed by atoms with E-state index in [-0.39, 0.29) is 5.78 Å². The molecule has 0 bridgehead atoms. The summed E-state index contributed by atoms with van der Waals surface area (Å²) < 4.78 is 5.10. The fourth-order valence-electron chi connectivity index (χ4n) is 2.48. The van der Waals surface area contributed by atoms with Gasteiger partial charge < -0.3 is 4.74 Å². The van der Waals surface area contributed by atoms with Gasteiger partial charge in [-0.05, 0) is 54.6 Å². The summed E-state index contributed by atoms with van der Waals surface area (Å²) in [6.45, 7) is 0. The van der Waals surface area contributed by atoms with Gasteiger partial charge in [0, 0.05) is 22.6 Å². The van der Waals surface area contributed by atoms with Crippen LogP contribution in [0.15, 0.2) is 60.7 Å². The topological polar surface area (TPSA) is 88.5 Å². The van der Waals surface area contributed by atoms with Crippen molar-refractivity contribution in [2.75, 3.05) is 7.11 Å². The third kappa shape index (κ3) is 3.76. The van der Waals surface area contributed by atoms with Crippen molar-refractivity contribution in [3.63, 3.8) is 0 Å². The number of pyridine rings is 1. The zero-order valence-corrected chi connectivity index (χ0v) is 14.0. The minimum atomic E-state index is -0.632. The van der Waals surface area contributed by atoms with Gasteiger partial charge in [0.05, 0.1) is 18.3 Å². The monoisotopic (exact) mass is 348 g/mol. The van der Waals surface area contributed by atoms with Gasteiger partial charge in [0.2, 0.25) is 0 Å². The lowest BCUT2D eigenvalue weighted by atomic mass is 10.0. The Labute approximate surface area is 149 Å². The van der Waals surface area contributed by atoms with Crippen molar-refractivity contribution in [1.82, 2.24) is 10.5 Å². The van der Waals surface area contributed by atoms with Gasteiger partial charge in [0.15, 0.2) is 5.78 Å². The van der Waals surface area contributed by atoms with E-state index in [1.54, 1.807) is 55.6 Å². The summed E-state index contributed by atoms with van der Waals surface area (Å²) in [5.74, 6) is -0.0230. The van der Waals surface area contributed by atoms with Crippen LogP contribution >= 0.6 is 0 Å². The molecule has 0 saturated carbocycles. The molecule has 26 heavy (non-hydrogen) atoms. The Morgan fingerprint density at radius 3 is 2.46 bits per heavy atom. The molecular weight excluding hydrogens is 332 g/mol. The molecule has 0 aliphatic carbocycles. The first-order valence-electron chi connectivity index (χ1n) is 7.82. The number of carbonyl (C=O) groups is 2. The number of rotatable bonds is 5. The molecule has 0 fully saturated rings. The number of ether oxygens (including phenoxy) is 1. The van der Waals surface area contributed by atoms with Crippen molar-refractivity contribution in [3.8, 4) is 5.75 Å². The lowest BCUT2D eigenvalue weighted by molar-refractivity contribution is -0.124. The van der Waals surface area contributed by atoms with E-state index < -0.39 is 5.91 Å². The summed E-state index contributed by atoms with van der Waals surface area (Å²) in [6.07, 6.45) is 2.66. The maximum Gasteiger partial charge on any atom is 0.267 e. The van der Waals surface area contributed by atoms with Gasteiger partial charge in [-0.3, -0.25) is 14.8 Å². The largest absolute Gasteiger partial charge is 0.497 e. The van der Waals surface area contributed by atoms with E-state index in [4.69, 9.17) is 9.94 Å². The van der Waals surface area contributed by atoms with Crippen molar-refractivity contribution in [2.24, 2.45) is 0 Å². The highest BCUT2D eigenvalue weighted by Crippen LogP contribution is 2.19. The van der Waals surface area contributed by atoms with E-state index in [9.17, 15) is 9.59 Å². The number of nitrogens with zero attached hydrogens (tertiary/aromatic N) is 1. The molecule has 0 aliphatic rings. The molecule has 6 heteroatoms. The van der Waals surface area contributed by atoms with Crippen molar-refractivity contribution >= 4 is 28.7 Å². The predicted octanol–water partition coefficient (Wildman–Crippen LogP) is 2.99. The van der Waals surface area contributed by atoms with E-state index in [1.165, 1.54) is 17.6 Å². The number of fused-ring (bicyclic) bond motifs is 1. The second-order valence-electron chi connectivity index (χ2n) is 5.51. The standard InChI is InChI=1S/C20H16N2O4/c1-26-17-8-3-13(4-9-17)20(24)15-5-10-18-14(12-15)2-6-16(21-18)7-11-19(23)22-25/h2-12,25H,1H3,(H,22,23)/b11-7+. The SMILES string of the molecule is COc1ccc(C(=O)c2ccc3nc(/C=C/C(=O)NO)ccc3c2)cc1. The van der Waals surface area contributed by atoms with Gasteiger partial charge in [-0.2, -0.15) is 0 Å². The molecule has 0 atom stereocenters. The lowest BCUT2D eigenvalue weighted by Crippen LogP contribution is -2.14. The van der Waals surface area contributed by atoms with Crippen LogP contribution in [0.2, 0.25) is 0 Å². The first-order valence-corrected chi connectivity index (χ1v) is 7.82. The second-order valence-corrected chi connectivity index (χ2v) is 5.51. The third-order valence-corrected chi connectivity index (χ3v) is 3.84. The zero-order valence-electron chi connectivity index (χ0n) is 14.0. The minimum Gasteiger partial charge on any atom is -0.497 e. The molecule has 2 N–H and O–H groups in total.